The molecule has 2 heterocycles. The van der Waals surface area contributed by atoms with Crippen LogP contribution in [0.5, 0.6) is 5.75 Å². The Labute approximate surface area is 164 Å². The van der Waals surface area contributed by atoms with E-state index in [1.165, 1.54) is 13.4 Å². The minimum Gasteiger partial charge on any atom is -0.494 e. The van der Waals surface area contributed by atoms with Gasteiger partial charge >= 0.3 is 5.69 Å². The van der Waals surface area contributed by atoms with Crippen molar-refractivity contribution in [2.45, 2.75) is 0 Å². The summed E-state index contributed by atoms with van der Waals surface area (Å²) in [5.41, 5.74) is 1.24. The fourth-order valence-corrected chi connectivity index (χ4v) is 3.09. The number of methoxy groups -OCH3 is 1. The van der Waals surface area contributed by atoms with Crippen molar-refractivity contribution in [1.29, 1.82) is 0 Å². The number of fused-ring (bicyclic) bond motifs is 1. The van der Waals surface area contributed by atoms with Gasteiger partial charge in [-0.3, -0.25) is 10.1 Å². The van der Waals surface area contributed by atoms with Gasteiger partial charge in [-0.25, -0.2) is 9.97 Å². The first-order valence-corrected chi connectivity index (χ1v) is 8.50. The minimum absolute atomic E-state index is 0.0830. The molecule has 10 heteroatoms. The summed E-state index contributed by atoms with van der Waals surface area (Å²) >= 11 is 0. The highest BCUT2D eigenvalue weighted by Gasteiger charge is 2.20. The van der Waals surface area contributed by atoms with Crippen LogP contribution in [0.4, 0.5) is 21.7 Å². The number of nitrogens with one attached hydrogen (secondary N) is 1. The Balaban J connectivity index is 1.76. The first kappa shape index (κ1) is 18.3. The van der Waals surface area contributed by atoms with Crippen LogP contribution in [-0.2, 0) is 7.05 Å². The summed E-state index contributed by atoms with van der Waals surface area (Å²) in [6.07, 6.45) is 3.27. The van der Waals surface area contributed by atoms with Gasteiger partial charge in [-0.1, -0.05) is 12.1 Å². The lowest BCUT2D eigenvalue weighted by atomic mass is 10.1. The zero-order chi connectivity index (χ0) is 20.5. The van der Waals surface area contributed by atoms with Crippen LogP contribution in [-0.4, -0.2) is 31.6 Å². The van der Waals surface area contributed by atoms with Crippen molar-refractivity contribution in [1.82, 2.24) is 19.5 Å². The Morgan fingerprint density at radius 1 is 1.24 bits per heavy atom. The zero-order valence-electron chi connectivity index (χ0n) is 15.5. The normalized spacial score (nSPS) is 10.9. The fourth-order valence-electron chi connectivity index (χ4n) is 3.09. The summed E-state index contributed by atoms with van der Waals surface area (Å²) in [6.45, 7) is 0. The van der Waals surface area contributed by atoms with Crippen LogP contribution in [0.1, 0.15) is 0 Å². The number of benzene rings is 2. The van der Waals surface area contributed by atoms with Crippen molar-refractivity contribution < 1.29 is 14.1 Å². The second kappa shape index (κ2) is 7.15. The van der Waals surface area contributed by atoms with Crippen LogP contribution in [0.2, 0.25) is 0 Å². The SMILES string of the molecule is COc1cc(F)c([N+](=O)[O-])cc1Nc1ncnc(-c2cccc3ccn(C)c23)n1. The van der Waals surface area contributed by atoms with Gasteiger partial charge in [-0.2, -0.15) is 9.37 Å². The molecular formula is C19H15FN6O3. The van der Waals surface area contributed by atoms with Crippen molar-refractivity contribution in [3.8, 4) is 17.1 Å². The number of aryl methyl sites for hydroxylation is 1. The highest BCUT2D eigenvalue weighted by atomic mass is 19.1. The maximum absolute atomic E-state index is 13.9. The van der Waals surface area contributed by atoms with E-state index in [-0.39, 0.29) is 17.4 Å². The van der Waals surface area contributed by atoms with Gasteiger partial charge < -0.3 is 14.6 Å². The zero-order valence-corrected chi connectivity index (χ0v) is 15.5. The Hall–Kier alpha value is -4.08. The molecular weight excluding hydrogens is 379 g/mol. The van der Waals surface area contributed by atoms with Gasteiger partial charge in [0.25, 0.3) is 0 Å². The lowest BCUT2D eigenvalue weighted by Gasteiger charge is -2.11. The van der Waals surface area contributed by atoms with Gasteiger partial charge in [0.15, 0.2) is 5.82 Å². The highest BCUT2D eigenvalue weighted by Crippen LogP contribution is 2.33. The van der Waals surface area contributed by atoms with E-state index in [1.807, 2.05) is 42.1 Å². The second-order valence-corrected chi connectivity index (χ2v) is 6.19. The van der Waals surface area contributed by atoms with Gasteiger partial charge in [0, 0.05) is 36.3 Å². The fraction of sp³-hybridized carbons (Fsp3) is 0.105. The minimum atomic E-state index is -0.996. The molecule has 1 N–H and O–H groups in total. The number of ether oxygens (including phenoxy) is 1. The number of nitro groups is 1. The predicted octanol–water partition coefficient (Wildman–Crippen LogP) is 3.83. The van der Waals surface area contributed by atoms with Gasteiger partial charge in [0.1, 0.15) is 12.1 Å². The molecule has 0 amide bonds. The van der Waals surface area contributed by atoms with Crippen LogP contribution in [0, 0.1) is 15.9 Å². The lowest BCUT2D eigenvalue weighted by molar-refractivity contribution is -0.387. The number of rotatable bonds is 5. The summed E-state index contributed by atoms with van der Waals surface area (Å²) in [5, 5.41) is 14.9. The third-order valence-electron chi connectivity index (χ3n) is 4.42. The molecule has 0 aliphatic carbocycles. The molecule has 0 aliphatic heterocycles. The number of hydrogen-bond donors (Lipinski definition) is 1. The van der Waals surface area contributed by atoms with Gasteiger partial charge in [-0.05, 0) is 12.1 Å². The molecule has 0 spiro atoms. The Kier molecular flexibility index (Phi) is 4.51. The molecule has 146 valence electrons. The number of nitro benzene ring substituents is 1. The van der Waals surface area contributed by atoms with E-state index >= 15 is 0 Å². The van der Waals surface area contributed by atoms with Crippen molar-refractivity contribution in [2.24, 2.45) is 7.05 Å². The van der Waals surface area contributed by atoms with E-state index in [4.69, 9.17) is 4.74 Å². The first-order valence-electron chi connectivity index (χ1n) is 8.50. The first-order chi connectivity index (χ1) is 14.0. The van der Waals surface area contributed by atoms with Gasteiger partial charge in [0.05, 0.1) is 23.2 Å². The average molecular weight is 394 g/mol. The summed E-state index contributed by atoms with van der Waals surface area (Å²) in [5.74, 6) is -0.352. The van der Waals surface area contributed by atoms with E-state index in [0.29, 0.717) is 5.82 Å². The molecule has 0 saturated heterocycles. The van der Waals surface area contributed by atoms with E-state index in [9.17, 15) is 14.5 Å². The van der Waals surface area contributed by atoms with E-state index in [2.05, 4.69) is 20.3 Å². The van der Waals surface area contributed by atoms with Crippen LogP contribution >= 0.6 is 0 Å². The monoisotopic (exact) mass is 394 g/mol. The van der Waals surface area contributed by atoms with Gasteiger partial charge in [-0.15, -0.1) is 0 Å². The summed E-state index contributed by atoms with van der Waals surface area (Å²) in [4.78, 5) is 23.0. The number of hydrogen-bond acceptors (Lipinski definition) is 7. The van der Waals surface area contributed by atoms with Crippen LogP contribution in [0.3, 0.4) is 0 Å². The van der Waals surface area contributed by atoms with Crippen LogP contribution in [0.25, 0.3) is 22.3 Å². The summed E-state index contributed by atoms with van der Waals surface area (Å²) in [7, 11) is 3.26. The van der Waals surface area contributed by atoms with Crippen LogP contribution < -0.4 is 10.1 Å². The number of aromatic nitrogens is 4. The third kappa shape index (κ3) is 3.31. The lowest BCUT2D eigenvalue weighted by Crippen LogP contribution is -2.03. The van der Waals surface area contributed by atoms with E-state index in [1.54, 1.807) is 0 Å². The topological polar surface area (TPSA) is 108 Å². The summed E-state index contributed by atoms with van der Waals surface area (Å²) < 4.78 is 20.9. The predicted molar refractivity (Wildman–Crippen MR) is 105 cm³/mol. The molecule has 29 heavy (non-hydrogen) atoms. The molecule has 0 saturated carbocycles. The molecule has 0 bridgehead atoms. The molecule has 2 aromatic carbocycles. The van der Waals surface area contributed by atoms with Crippen molar-refractivity contribution >= 4 is 28.2 Å². The van der Waals surface area contributed by atoms with Crippen molar-refractivity contribution in [2.75, 3.05) is 12.4 Å². The maximum Gasteiger partial charge on any atom is 0.307 e. The van der Waals surface area contributed by atoms with Gasteiger partial charge in [0.2, 0.25) is 11.8 Å². The third-order valence-corrected chi connectivity index (χ3v) is 4.42. The molecule has 0 fully saturated rings. The smallest absolute Gasteiger partial charge is 0.307 e. The molecule has 4 aromatic rings. The molecule has 9 nitrogen and oxygen atoms in total. The van der Waals surface area contributed by atoms with Crippen molar-refractivity contribution in [3.63, 3.8) is 0 Å². The maximum atomic E-state index is 13.9. The molecule has 0 unspecified atom stereocenters. The Bertz CT molecular complexity index is 1240. The molecule has 2 aromatic heterocycles. The molecule has 4 rings (SSSR count). The number of halogens is 1. The quantitative estimate of drug-likeness (QED) is 0.405. The number of para-hydroxylation sites is 1. The largest absolute Gasteiger partial charge is 0.494 e. The van der Waals surface area contributed by atoms with E-state index in [0.717, 1.165) is 28.6 Å². The second-order valence-electron chi connectivity index (χ2n) is 6.19. The standard InChI is InChI=1S/C19H15FN6O3/c1-25-7-6-11-4-3-5-12(17(11)25)18-21-10-22-19(24-18)23-14-9-15(26(27)28)13(20)8-16(14)29-2/h3-10H,1-2H3,(H,21,22,23,24). The molecule has 0 radical (unpaired) electrons. The average Bonchev–Trinajstić information content (AvgIpc) is 3.10. The number of anilines is 2. The molecule has 0 aliphatic rings. The Morgan fingerprint density at radius 3 is 2.83 bits per heavy atom. The summed E-state index contributed by atoms with van der Waals surface area (Å²) in [6, 6.07) is 9.75. The van der Waals surface area contributed by atoms with Crippen LogP contribution in [0.15, 0.2) is 48.9 Å². The molecule has 0 atom stereocenters. The van der Waals surface area contributed by atoms with Crippen molar-refractivity contribution in [3.05, 3.63) is 64.9 Å². The highest BCUT2D eigenvalue weighted by molar-refractivity contribution is 5.93. The van der Waals surface area contributed by atoms with E-state index < -0.39 is 16.4 Å². The number of nitrogens with zero attached hydrogens (tertiary/aromatic N) is 5. The Morgan fingerprint density at radius 2 is 2.07 bits per heavy atom.